The second-order valence-electron chi connectivity index (χ2n) is 6.18. The topological polar surface area (TPSA) is 80.3 Å². The molecule has 0 aliphatic carbocycles. The smallest absolute Gasteiger partial charge is 0.246 e. The fourth-order valence-electron chi connectivity index (χ4n) is 2.80. The Balaban J connectivity index is 1.60. The Morgan fingerprint density at radius 1 is 1.07 bits per heavy atom. The number of hydrogen-bond acceptors (Lipinski definition) is 4. The van der Waals surface area contributed by atoms with E-state index in [2.05, 4.69) is 15.6 Å². The Labute approximate surface area is 157 Å². The van der Waals surface area contributed by atoms with Crippen LogP contribution in [-0.2, 0) is 16.0 Å². The summed E-state index contributed by atoms with van der Waals surface area (Å²) in [5.74, 6) is -0.0560. The molecule has 0 unspecified atom stereocenters. The highest BCUT2D eigenvalue weighted by atomic mass is 16.5. The molecular weight excluding hydrogens is 342 g/mol. The number of pyridine rings is 1. The van der Waals surface area contributed by atoms with Gasteiger partial charge in [0.15, 0.2) is 0 Å². The zero-order valence-electron chi connectivity index (χ0n) is 15.2. The lowest BCUT2D eigenvalue weighted by atomic mass is 10.0. The van der Waals surface area contributed by atoms with Gasteiger partial charge >= 0.3 is 0 Å². The summed E-state index contributed by atoms with van der Waals surface area (Å²) in [6.45, 7) is 1.65. The van der Waals surface area contributed by atoms with Crippen LogP contribution in [0.2, 0.25) is 0 Å². The SMILES string of the molecule is COc1ccc(NC(=O)[C@H](C)NC(=O)Cc2cccc3ccccc23)cn1. The molecule has 1 atom stereocenters. The Morgan fingerprint density at radius 3 is 2.59 bits per heavy atom. The number of benzene rings is 2. The second kappa shape index (κ2) is 8.31. The Kier molecular flexibility index (Phi) is 5.66. The largest absolute Gasteiger partial charge is 0.481 e. The number of methoxy groups -OCH3 is 1. The molecule has 0 aliphatic rings. The molecule has 0 radical (unpaired) electrons. The lowest BCUT2D eigenvalue weighted by molar-refractivity contribution is -0.125. The highest BCUT2D eigenvalue weighted by Gasteiger charge is 2.16. The molecule has 6 heteroatoms. The van der Waals surface area contributed by atoms with Crippen LogP contribution in [-0.4, -0.2) is 29.9 Å². The normalized spacial score (nSPS) is 11.6. The lowest BCUT2D eigenvalue weighted by Gasteiger charge is -2.15. The fourth-order valence-corrected chi connectivity index (χ4v) is 2.80. The summed E-state index contributed by atoms with van der Waals surface area (Å²) >= 11 is 0. The third-order valence-electron chi connectivity index (χ3n) is 4.21. The van der Waals surface area contributed by atoms with Crippen LogP contribution in [0.5, 0.6) is 5.88 Å². The van der Waals surface area contributed by atoms with Crippen molar-refractivity contribution < 1.29 is 14.3 Å². The molecule has 3 aromatic rings. The molecular formula is C21H21N3O3. The van der Waals surface area contributed by atoms with Crippen LogP contribution in [0.4, 0.5) is 5.69 Å². The van der Waals surface area contributed by atoms with Crippen molar-refractivity contribution in [3.8, 4) is 5.88 Å². The van der Waals surface area contributed by atoms with E-state index in [1.165, 1.54) is 13.3 Å². The molecule has 0 bridgehead atoms. The Bertz CT molecular complexity index is 949. The van der Waals surface area contributed by atoms with E-state index in [0.717, 1.165) is 16.3 Å². The molecule has 2 aromatic carbocycles. The Hall–Kier alpha value is -3.41. The minimum Gasteiger partial charge on any atom is -0.481 e. The molecule has 3 rings (SSSR count). The third-order valence-corrected chi connectivity index (χ3v) is 4.21. The van der Waals surface area contributed by atoms with Gasteiger partial charge in [0.05, 0.1) is 25.4 Å². The number of nitrogens with zero attached hydrogens (tertiary/aromatic N) is 1. The number of carbonyl (C=O) groups excluding carboxylic acids is 2. The number of ether oxygens (including phenoxy) is 1. The van der Waals surface area contributed by atoms with Gasteiger partial charge < -0.3 is 15.4 Å². The molecule has 2 amide bonds. The second-order valence-corrected chi connectivity index (χ2v) is 6.18. The van der Waals surface area contributed by atoms with E-state index in [9.17, 15) is 9.59 Å². The van der Waals surface area contributed by atoms with Gasteiger partial charge in [-0.05, 0) is 29.3 Å². The van der Waals surface area contributed by atoms with E-state index in [1.54, 1.807) is 19.1 Å². The molecule has 27 heavy (non-hydrogen) atoms. The van der Waals surface area contributed by atoms with Crippen LogP contribution in [0.3, 0.4) is 0 Å². The van der Waals surface area contributed by atoms with Gasteiger partial charge in [-0.25, -0.2) is 4.98 Å². The summed E-state index contributed by atoms with van der Waals surface area (Å²) < 4.78 is 4.98. The van der Waals surface area contributed by atoms with Crippen molar-refractivity contribution in [1.82, 2.24) is 10.3 Å². The first-order valence-corrected chi connectivity index (χ1v) is 8.63. The van der Waals surface area contributed by atoms with Gasteiger partial charge in [0.25, 0.3) is 0 Å². The van der Waals surface area contributed by atoms with Crippen molar-refractivity contribution >= 4 is 28.3 Å². The van der Waals surface area contributed by atoms with E-state index < -0.39 is 6.04 Å². The minimum absolute atomic E-state index is 0.207. The van der Waals surface area contributed by atoms with Crippen LogP contribution in [0.1, 0.15) is 12.5 Å². The number of nitrogens with one attached hydrogen (secondary N) is 2. The lowest BCUT2D eigenvalue weighted by Crippen LogP contribution is -2.42. The van der Waals surface area contributed by atoms with Crippen molar-refractivity contribution in [2.24, 2.45) is 0 Å². The van der Waals surface area contributed by atoms with Crippen LogP contribution in [0.25, 0.3) is 10.8 Å². The minimum atomic E-state index is -0.672. The van der Waals surface area contributed by atoms with Crippen LogP contribution >= 0.6 is 0 Å². The van der Waals surface area contributed by atoms with E-state index in [0.29, 0.717) is 11.6 Å². The predicted octanol–water partition coefficient (Wildman–Crippen LogP) is 2.93. The van der Waals surface area contributed by atoms with Crippen molar-refractivity contribution in [1.29, 1.82) is 0 Å². The zero-order valence-corrected chi connectivity index (χ0v) is 15.2. The summed E-state index contributed by atoms with van der Waals surface area (Å²) in [7, 11) is 1.52. The molecule has 1 aromatic heterocycles. The van der Waals surface area contributed by atoms with Gasteiger partial charge in [-0.1, -0.05) is 42.5 Å². The van der Waals surface area contributed by atoms with Crippen molar-refractivity contribution in [2.45, 2.75) is 19.4 Å². The average molecular weight is 363 g/mol. The van der Waals surface area contributed by atoms with E-state index >= 15 is 0 Å². The maximum absolute atomic E-state index is 12.4. The molecule has 0 aliphatic heterocycles. The average Bonchev–Trinajstić information content (AvgIpc) is 2.68. The maximum atomic E-state index is 12.4. The monoisotopic (exact) mass is 363 g/mol. The number of anilines is 1. The third kappa shape index (κ3) is 4.61. The first kappa shape index (κ1) is 18.4. The highest BCUT2D eigenvalue weighted by Crippen LogP contribution is 2.19. The van der Waals surface area contributed by atoms with Crippen LogP contribution < -0.4 is 15.4 Å². The molecule has 138 valence electrons. The summed E-state index contributed by atoms with van der Waals surface area (Å²) in [4.78, 5) is 28.7. The van der Waals surface area contributed by atoms with Crippen molar-refractivity contribution in [2.75, 3.05) is 12.4 Å². The number of fused-ring (bicyclic) bond motifs is 1. The molecule has 1 heterocycles. The standard InChI is InChI=1S/C21H21N3O3/c1-14(21(26)24-17-10-11-20(27-2)22-13-17)23-19(25)12-16-8-5-7-15-6-3-4-9-18(15)16/h3-11,13-14H,12H2,1-2H3,(H,23,25)(H,24,26)/t14-/m0/s1. The summed E-state index contributed by atoms with van der Waals surface area (Å²) in [6.07, 6.45) is 1.71. The molecule has 6 nitrogen and oxygen atoms in total. The predicted molar refractivity (Wildman–Crippen MR) is 105 cm³/mol. The van der Waals surface area contributed by atoms with Crippen LogP contribution in [0.15, 0.2) is 60.8 Å². The summed E-state index contributed by atoms with van der Waals surface area (Å²) in [5.41, 5.74) is 1.47. The van der Waals surface area contributed by atoms with Crippen LogP contribution in [0, 0.1) is 0 Å². The number of aromatic nitrogens is 1. The highest BCUT2D eigenvalue weighted by molar-refractivity contribution is 5.97. The first-order chi connectivity index (χ1) is 13.1. The van der Waals surface area contributed by atoms with Gasteiger partial charge in [0.2, 0.25) is 17.7 Å². The number of amides is 2. The number of rotatable bonds is 6. The van der Waals surface area contributed by atoms with E-state index in [1.807, 2.05) is 42.5 Å². The first-order valence-electron chi connectivity index (χ1n) is 8.63. The fraction of sp³-hybridized carbons (Fsp3) is 0.190. The molecule has 0 saturated heterocycles. The van der Waals surface area contributed by atoms with Gasteiger partial charge in [-0.3, -0.25) is 9.59 Å². The molecule has 0 fully saturated rings. The van der Waals surface area contributed by atoms with Gasteiger partial charge in [-0.15, -0.1) is 0 Å². The Morgan fingerprint density at radius 2 is 1.85 bits per heavy atom. The quantitative estimate of drug-likeness (QED) is 0.706. The number of hydrogen-bond donors (Lipinski definition) is 2. The van der Waals surface area contributed by atoms with E-state index in [4.69, 9.17) is 4.74 Å². The molecule has 0 saturated carbocycles. The maximum Gasteiger partial charge on any atom is 0.246 e. The summed E-state index contributed by atoms with van der Waals surface area (Å²) in [5, 5.41) is 7.58. The summed E-state index contributed by atoms with van der Waals surface area (Å²) in [6, 6.07) is 16.4. The molecule has 0 spiro atoms. The van der Waals surface area contributed by atoms with Gasteiger partial charge in [0.1, 0.15) is 6.04 Å². The molecule has 2 N–H and O–H groups in total. The van der Waals surface area contributed by atoms with E-state index in [-0.39, 0.29) is 18.2 Å². The zero-order chi connectivity index (χ0) is 19.2. The van der Waals surface area contributed by atoms with Crippen molar-refractivity contribution in [3.63, 3.8) is 0 Å². The van der Waals surface area contributed by atoms with Gasteiger partial charge in [0, 0.05) is 6.07 Å². The number of carbonyl (C=O) groups is 2. The van der Waals surface area contributed by atoms with Gasteiger partial charge in [-0.2, -0.15) is 0 Å². The van der Waals surface area contributed by atoms with Crippen molar-refractivity contribution in [3.05, 3.63) is 66.4 Å².